The Labute approximate surface area is 346 Å². The number of carbonyl (C=O) groups excluding carboxylic acids is 5. The molecule has 7 rings (SSSR count). The van der Waals surface area contributed by atoms with Crippen LogP contribution in [0.2, 0.25) is 0 Å². The second kappa shape index (κ2) is 21.6. The van der Waals surface area contributed by atoms with Gasteiger partial charge in [0.15, 0.2) is 0 Å². The Morgan fingerprint density at radius 2 is 1.66 bits per heavy atom. The average molecular weight is 817 g/mol. The molecule has 6 bridgehead atoms. The molecule has 0 aromatic heterocycles. The predicted molar refractivity (Wildman–Crippen MR) is 223 cm³/mol. The van der Waals surface area contributed by atoms with Gasteiger partial charge in [0, 0.05) is 69.4 Å². The molecule has 3 aromatic carbocycles. The molecule has 59 heavy (non-hydrogen) atoms. The van der Waals surface area contributed by atoms with Gasteiger partial charge in [-0.1, -0.05) is 58.9 Å². The van der Waals surface area contributed by atoms with E-state index in [1.165, 1.54) is 7.11 Å². The van der Waals surface area contributed by atoms with Gasteiger partial charge < -0.3 is 45.9 Å². The number of hydrogen-bond donors (Lipinski definition) is 7. The Morgan fingerprint density at radius 3 is 2.36 bits per heavy atom. The van der Waals surface area contributed by atoms with Crippen LogP contribution >= 0.6 is 0 Å². The number of carbonyl (C=O) groups is 5. The maximum atomic E-state index is 13.8. The minimum absolute atomic E-state index is 0.116. The van der Waals surface area contributed by atoms with Gasteiger partial charge in [0.25, 0.3) is 17.7 Å². The summed E-state index contributed by atoms with van der Waals surface area (Å²) in [6.07, 6.45) is 0.798. The highest BCUT2D eigenvalue weighted by atomic mass is 16.5. The highest BCUT2D eigenvalue weighted by molar-refractivity contribution is 6.03. The van der Waals surface area contributed by atoms with Crippen LogP contribution in [0.1, 0.15) is 85.7 Å². The van der Waals surface area contributed by atoms with E-state index in [4.69, 9.17) is 14.2 Å². The number of hydrogen-bond acceptors (Lipinski definition) is 10. The van der Waals surface area contributed by atoms with Crippen LogP contribution in [0.5, 0.6) is 5.75 Å². The summed E-state index contributed by atoms with van der Waals surface area (Å²) in [4.78, 5) is 66.9. The first-order valence-corrected chi connectivity index (χ1v) is 19.9. The van der Waals surface area contributed by atoms with E-state index in [-0.39, 0.29) is 55.6 Å². The normalized spacial score (nSPS) is 20.6. The van der Waals surface area contributed by atoms with Gasteiger partial charge in [0.2, 0.25) is 17.5 Å². The van der Waals surface area contributed by atoms with E-state index in [2.05, 4.69) is 31.9 Å². The summed E-state index contributed by atoms with van der Waals surface area (Å²) < 4.78 is 16.6. The molecule has 0 saturated carbocycles. The largest absolute Gasteiger partial charge is 0.492 e. The lowest BCUT2D eigenvalue weighted by Crippen LogP contribution is -2.58. The van der Waals surface area contributed by atoms with Crippen molar-refractivity contribution < 1.29 is 43.3 Å². The Morgan fingerprint density at radius 1 is 0.932 bits per heavy atom. The number of rotatable bonds is 5. The van der Waals surface area contributed by atoms with Crippen LogP contribution in [0.15, 0.2) is 72.8 Å². The molecule has 0 saturated heterocycles. The Hall–Kier alpha value is -5.35. The zero-order chi connectivity index (χ0) is 43.1. The van der Waals surface area contributed by atoms with Crippen LogP contribution in [0, 0.1) is 10.8 Å². The molecule has 2 atom stereocenters. The summed E-state index contributed by atoms with van der Waals surface area (Å²) in [5, 5.41) is 28.8. The van der Waals surface area contributed by atoms with Gasteiger partial charge in [-0.3, -0.25) is 29.3 Å². The highest BCUT2D eigenvalue weighted by Gasteiger charge is 2.41. The van der Waals surface area contributed by atoms with Crippen LogP contribution in [0.3, 0.4) is 0 Å². The minimum Gasteiger partial charge on any atom is -0.492 e. The molecule has 15 nitrogen and oxygen atoms in total. The van der Waals surface area contributed by atoms with Crippen LogP contribution < -0.4 is 36.6 Å². The Kier molecular flexibility index (Phi) is 17.0. The second-order valence-electron chi connectivity index (χ2n) is 16.7. The molecule has 3 aromatic rings. The fourth-order valence-corrected chi connectivity index (χ4v) is 6.40. The highest BCUT2D eigenvalue weighted by Crippen LogP contribution is 2.28. The molecular weight excluding hydrogens is 757 g/mol. The third kappa shape index (κ3) is 15.7. The topological polar surface area (TPSA) is 205 Å². The van der Waals surface area contributed by atoms with Gasteiger partial charge in [-0.05, 0) is 76.9 Å². The quantitative estimate of drug-likeness (QED) is 0.186. The molecule has 1 unspecified atom stereocenters. The standard InChI is InChI=1S/C44H60N6O9/c1-42(2,3)28-44(56)41(55)48-34-14-10-30(11-15-34)25-36(40(54)46-20-22-57-6)49-37(51)26-43(4,5)18-21-58-29-45-19-23-59-35-16-12-32(13-17-35)38(52)47-27-31-8-7-9-33(24-31)39(53)50-44/h7-17,24,36,45,56H,18-23,25-29H2,1-6H3,(H,46,54)(H,47,52)(H,48,55)(H,49,51)(H,50,53)/t36-,44?/m0/s1. The number of ether oxygens (including phenoxy) is 3. The molecule has 4 aliphatic heterocycles. The van der Waals surface area contributed by atoms with Crippen LogP contribution in [-0.2, 0) is 36.8 Å². The lowest BCUT2D eigenvalue weighted by molar-refractivity contribution is -0.140. The first-order valence-electron chi connectivity index (χ1n) is 19.9. The summed E-state index contributed by atoms with van der Waals surface area (Å²) in [5.74, 6) is -1.91. The van der Waals surface area contributed by atoms with Crippen molar-refractivity contribution in [2.45, 2.75) is 78.6 Å². The molecule has 0 aliphatic carbocycles. The lowest BCUT2D eigenvalue weighted by atomic mass is 9.85. The van der Waals surface area contributed by atoms with Crippen LogP contribution in [0.4, 0.5) is 5.69 Å². The van der Waals surface area contributed by atoms with E-state index >= 15 is 0 Å². The molecular formula is C44H60N6O9. The zero-order valence-corrected chi connectivity index (χ0v) is 35.0. The lowest BCUT2D eigenvalue weighted by Gasteiger charge is -2.33. The average Bonchev–Trinajstić information content (AvgIpc) is 3.17. The van der Waals surface area contributed by atoms with Crippen molar-refractivity contribution >= 4 is 35.2 Å². The molecule has 320 valence electrons. The first-order chi connectivity index (χ1) is 27.9. The van der Waals surface area contributed by atoms with E-state index < -0.39 is 34.4 Å². The number of anilines is 1. The molecule has 4 heterocycles. The van der Waals surface area contributed by atoms with Crippen molar-refractivity contribution in [1.82, 2.24) is 26.6 Å². The maximum Gasteiger partial charge on any atom is 0.277 e. The zero-order valence-electron chi connectivity index (χ0n) is 35.0. The molecule has 4 aliphatic rings. The van der Waals surface area contributed by atoms with Crippen molar-refractivity contribution in [3.05, 3.63) is 95.1 Å². The van der Waals surface area contributed by atoms with Crippen molar-refractivity contribution in [1.29, 1.82) is 0 Å². The number of amides is 5. The van der Waals surface area contributed by atoms with Crippen molar-refractivity contribution in [3.8, 4) is 5.75 Å². The monoisotopic (exact) mass is 816 g/mol. The van der Waals surface area contributed by atoms with Gasteiger partial charge >= 0.3 is 0 Å². The van der Waals surface area contributed by atoms with Gasteiger partial charge in [-0.25, -0.2) is 0 Å². The molecule has 0 spiro atoms. The van der Waals surface area contributed by atoms with E-state index in [1.54, 1.807) is 72.8 Å². The van der Waals surface area contributed by atoms with E-state index in [0.29, 0.717) is 67.6 Å². The van der Waals surface area contributed by atoms with Gasteiger partial charge in [0.05, 0.1) is 13.3 Å². The molecule has 7 N–H and O–H groups in total. The van der Waals surface area contributed by atoms with E-state index in [1.807, 2.05) is 34.6 Å². The SMILES string of the molecule is COCCNC(=O)[C@@H]1Cc2ccc(cc2)NC(=O)C(O)(CC(C)(C)C)NC(=O)c2cccc(c2)CNC(=O)c2ccc(cc2)OCCNCOCCC(C)(C)CC(=O)N1. The molecule has 5 amide bonds. The molecule has 15 heteroatoms. The van der Waals surface area contributed by atoms with E-state index in [0.717, 1.165) is 0 Å². The first kappa shape index (κ1) is 46.3. The number of aliphatic hydroxyl groups is 1. The summed E-state index contributed by atoms with van der Waals surface area (Å²) in [7, 11) is 1.53. The number of benzene rings is 3. The van der Waals surface area contributed by atoms with Crippen LogP contribution in [0.25, 0.3) is 0 Å². The summed E-state index contributed by atoms with van der Waals surface area (Å²) in [6.45, 7) is 11.7. The minimum atomic E-state index is -2.31. The summed E-state index contributed by atoms with van der Waals surface area (Å²) >= 11 is 0. The summed E-state index contributed by atoms with van der Waals surface area (Å²) in [5.41, 5.74) is -1.04. The Balaban J connectivity index is 1.56. The van der Waals surface area contributed by atoms with Gasteiger partial charge in [-0.2, -0.15) is 0 Å². The maximum absolute atomic E-state index is 13.8. The van der Waals surface area contributed by atoms with Gasteiger partial charge in [0.1, 0.15) is 18.4 Å². The summed E-state index contributed by atoms with van der Waals surface area (Å²) in [6, 6.07) is 19.0. The smallest absolute Gasteiger partial charge is 0.277 e. The van der Waals surface area contributed by atoms with E-state index in [9.17, 15) is 29.1 Å². The van der Waals surface area contributed by atoms with Crippen molar-refractivity contribution in [3.63, 3.8) is 0 Å². The number of nitrogens with one attached hydrogen (secondary N) is 6. The predicted octanol–water partition coefficient (Wildman–Crippen LogP) is 3.66. The van der Waals surface area contributed by atoms with Crippen molar-refractivity contribution in [2.75, 3.05) is 52.1 Å². The second-order valence-corrected chi connectivity index (χ2v) is 16.7. The fraction of sp³-hybridized carbons (Fsp3) is 0.477. The van der Waals surface area contributed by atoms with Crippen molar-refractivity contribution in [2.24, 2.45) is 10.8 Å². The molecule has 0 radical (unpaired) electrons. The third-order valence-corrected chi connectivity index (χ3v) is 9.46. The number of methoxy groups -OCH3 is 1. The molecule has 0 fully saturated rings. The third-order valence-electron chi connectivity index (χ3n) is 9.46. The van der Waals surface area contributed by atoms with Crippen LogP contribution in [-0.4, -0.2) is 93.2 Å². The fourth-order valence-electron chi connectivity index (χ4n) is 6.40. The van der Waals surface area contributed by atoms with Gasteiger partial charge in [-0.15, -0.1) is 0 Å². The Bertz CT molecular complexity index is 1880.